The van der Waals surface area contributed by atoms with E-state index in [1.54, 1.807) is 18.3 Å². The van der Waals surface area contributed by atoms with Crippen molar-refractivity contribution >= 4 is 11.0 Å². The molecule has 3 aromatic heterocycles. The van der Waals surface area contributed by atoms with E-state index >= 15 is 0 Å². The number of benzene rings is 1. The Labute approximate surface area is 167 Å². The summed E-state index contributed by atoms with van der Waals surface area (Å²) in [5.41, 5.74) is -1.38. The van der Waals surface area contributed by atoms with Gasteiger partial charge in [-0.15, -0.1) is 0 Å². The molecule has 3 heterocycles. The van der Waals surface area contributed by atoms with E-state index in [4.69, 9.17) is 13.9 Å². The molecule has 4 rings (SSSR count). The number of hydrogen-bond acceptors (Lipinski definition) is 6. The molecule has 4 aromatic rings. The van der Waals surface area contributed by atoms with Gasteiger partial charge in [0.1, 0.15) is 0 Å². The Morgan fingerprint density at radius 1 is 1.10 bits per heavy atom. The molecule has 30 heavy (non-hydrogen) atoms. The minimum atomic E-state index is -4.94. The van der Waals surface area contributed by atoms with Crippen LogP contribution in [0.1, 0.15) is 5.76 Å². The molecular weight excluding hydrogens is 403 g/mol. The van der Waals surface area contributed by atoms with Gasteiger partial charge in [0.15, 0.2) is 11.3 Å². The molecule has 0 fully saturated rings. The van der Waals surface area contributed by atoms with Crippen molar-refractivity contribution in [3.63, 3.8) is 0 Å². The van der Waals surface area contributed by atoms with Gasteiger partial charge >= 0.3 is 6.18 Å². The van der Waals surface area contributed by atoms with Crippen LogP contribution < -0.4 is 14.9 Å². The highest BCUT2D eigenvalue weighted by Gasteiger charge is 2.40. The Bertz CT molecular complexity index is 1280. The van der Waals surface area contributed by atoms with Crippen LogP contribution in [-0.2, 0) is 6.18 Å². The summed E-state index contributed by atoms with van der Waals surface area (Å²) in [5.74, 6) is -1.41. The molecule has 0 bridgehead atoms. The van der Waals surface area contributed by atoms with Gasteiger partial charge in [-0.1, -0.05) is 0 Å². The van der Waals surface area contributed by atoms with Gasteiger partial charge < -0.3 is 13.9 Å². The van der Waals surface area contributed by atoms with Gasteiger partial charge in [0.25, 0.3) is 0 Å². The Balaban J connectivity index is 2.02. The predicted molar refractivity (Wildman–Crippen MR) is 101 cm³/mol. The zero-order valence-electron chi connectivity index (χ0n) is 15.7. The van der Waals surface area contributed by atoms with E-state index < -0.39 is 22.9 Å². The van der Waals surface area contributed by atoms with Crippen molar-refractivity contribution in [3.8, 4) is 28.3 Å². The number of methoxy groups -OCH3 is 2. The van der Waals surface area contributed by atoms with Gasteiger partial charge in [-0.3, -0.25) is 9.78 Å². The van der Waals surface area contributed by atoms with Crippen LogP contribution in [0.3, 0.4) is 0 Å². The van der Waals surface area contributed by atoms with Gasteiger partial charge in [-0.05, 0) is 24.3 Å². The predicted octanol–water partition coefficient (Wildman–Crippen LogP) is 4.08. The number of ether oxygens (including phenoxy) is 2. The summed E-state index contributed by atoms with van der Waals surface area (Å²) in [5, 5.41) is 3.97. The molecule has 0 aliphatic heterocycles. The van der Waals surface area contributed by atoms with Crippen LogP contribution in [0.15, 0.2) is 58.3 Å². The van der Waals surface area contributed by atoms with Gasteiger partial charge in [-0.25, -0.2) is 4.68 Å². The topological polar surface area (TPSA) is 79.4 Å². The van der Waals surface area contributed by atoms with E-state index in [2.05, 4.69) is 10.1 Å². The van der Waals surface area contributed by atoms with Gasteiger partial charge in [-0.2, -0.15) is 18.3 Å². The largest absolute Gasteiger partial charge is 0.493 e. The highest BCUT2D eigenvalue weighted by molar-refractivity contribution is 5.89. The van der Waals surface area contributed by atoms with Crippen molar-refractivity contribution in [1.82, 2.24) is 14.8 Å². The number of halogens is 3. The number of pyridine rings is 1. The van der Waals surface area contributed by atoms with Crippen molar-refractivity contribution in [2.45, 2.75) is 6.18 Å². The third-order valence-electron chi connectivity index (χ3n) is 4.44. The molecule has 7 nitrogen and oxygen atoms in total. The van der Waals surface area contributed by atoms with Crippen LogP contribution in [-0.4, -0.2) is 29.0 Å². The number of aromatic nitrogens is 3. The highest BCUT2D eigenvalue weighted by atomic mass is 19.4. The second-order valence-electron chi connectivity index (χ2n) is 6.20. The summed E-state index contributed by atoms with van der Waals surface area (Å²) >= 11 is 0. The molecule has 0 aliphatic rings. The zero-order chi connectivity index (χ0) is 21.5. The van der Waals surface area contributed by atoms with Crippen LogP contribution in [0.2, 0.25) is 0 Å². The number of hydrogen-bond donors (Lipinski definition) is 0. The molecule has 0 atom stereocenters. The SMILES string of the molecule is COc1ccc2c(=O)c(-c3cnn(-c4cccnc4)c3)c(C(F)(F)F)oc2c1OC. The van der Waals surface area contributed by atoms with Crippen molar-refractivity contribution in [1.29, 1.82) is 0 Å². The average Bonchev–Trinajstić information content (AvgIpc) is 3.22. The maximum Gasteiger partial charge on any atom is 0.450 e. The van der Waals surface area contributed by atoms with E-state index in [-0.39, 0.29) is 28.0 Å². The first-order valence-corrected chi connectivity index (χ1v) is 8.59. The summed E-state index contributed by atoms with van der Waals surface area (Å²) in [6.45, 7) is 0. The maximum absolute atomic E-state index is 13.8. The summed E-state index contributed by atoms with van der Waals surface area (Å²) in [7, 11) is 2.57. The molecule has 0 amide bonds. The first-order valence-electron chi connectivity index (χ1n) is 8.59. The first kappa shape index (κ1) is 19.5. The lowest BCUT2D eigenvalue weighted by molar-refractivity contribution is -0.152. The fraction of sp³-hybridized carbons (Fsp3) is 0.150. The molecule has 0 aliphatic carbocycles. The van der Waals surface area contributed by atoms with Gasteiger partial charge in [0.05, 0.1) is 43.3 Å². The van der Waals surface area contributed by atoms with E-state index in [1.165, 1.54) is 49.6 Å². The number of alkyl halides is 3. The number of fused-ring (bicyclic) bond motifs is 1. The summed E-state index contributed by atoms with van der Waals surface area (Å²) < 4.78 is 58.3. The van der Waals surface area contributed by atoms with Crippen molar-refractivity contribution in [3.05, 3.63) is 65.0 Å². The second kappa shape index (κ2) is 7.21. The summed E-state index contributed by atoms with van der Waals surface area (Å²) in [6, 6.07) is 6.09. The molecule has 154 valence electrons. The fourth-order valence-corrected chi connectivity index (χ4v) is 3.11. The lowest BCUT2D eigenvalue weighted by Crippen LogP contribution is -2.16. The Kier molecular flexibility index (Phi) is 4.69. The fourth-order valence-electron chi connectivity index (χ4n) is 3.11. The van der Waals surface area contributed by atoms with Crippen LogP contribution in [0.25, 0.3) is 27.8 Å². The highest BCUT2D eigenvalue weighted by Crippen LogP contribution is 2.41. The standard InChI is InChI=1S/C20H14F3N3O4/c1-28-14-6-5-13-16(27)15(19(20(21,22)23)30-17(13)18(14)29-2)11-8-25-26(10-11)12-4-3-7-24-9-12/h3-10H,1-2H3. The minimum Gasteiger partial charge on any atom is -0.493 e. The van der Waals surface area contributed by atoms with E-state index in [1.807, 2.05) is 0 Å². The molecule has 0 N–H and O–H groups in total. The number of nitrogens with zero attached hydrogens (tertiary/aromatic N) is 3. The van der Waals surface area contributed by atoms with Crippen LogP contribution in [0.5, 0.6) is 11.5 Å². The molecule has 0 unspecified atom stereocenters. The zero-order valence-corrected chi connectivity index (χ0v) is 15.7. The molecule has 1 aromatic carbocycles. The first-order chi connectivity index (χ1) is 14.3. The Hall–Kier alpha value is -3.82. The molecule has 10 heteroatoms. The number of rotatable bonds is 4. The molecule has 0 radical (unpaired) electrons. The molecule has 0 spiro atoms. The summed E-state index contributed by atoms with van der Waals surface area (Å²) in [6.07, 6.45) is 0.579. The maximum atomic E-state index is 13.8. The van der Waals surface area contributed by atoms with E-state index in [0.717, 1.165) is 0 Å². The Morgan fingerprint density at radius 2 is 1.90 bits per heavy atom. The smallest absolute Gasteiger partial charge is 0.450 e. The molecular formula is C20H14F3N3O4. The lowest BCUT2D eigenvalue weighted by Gasteiger charge is -2.14. The van der Waals surface area contributed by atoms with Gasteiger partial charge in [0, 0.05) is 18.0 Å². The second-order valence-corrected chi connectivity index (χ2v) is 6.20. The molecule has 0 saturated carbocycles. The molecule has 0 saturated heterocycles. The van der Waals surface area contributed by atoms with Gasteiger partial charge in [0.2, 0.25) is 16.9 Å². The summed E-state index contributed by atoms with van der Waals surface area (Å²) in [4.78, 5) is 17.1. The quantitative estimate of drug-likeness (QED) is 0.498. The monoisotopic (exact) mass is 417 g/mol. The van der Waals surface area contributed by atoms with Crippen LogP contribution in [0.4, 0.5) is 13.2 Å². The lowest BCUT2D eigenvalue weighted by atomic mass is 10.0. The third-order valence-corrected chi connectivity index (χ3v) is 4.44. The van der Waals surface area contributed by atoms with Crippen molar-refractivity contribution in [2.75, 3.05) is 14.2 Å². The third kappa shape index (κ3) is 3.15. The van der Waals surface area contributed by atoms with E-state index in [0.29, 0.717) is 5.69 Å². The average molecular weight is 417 g/mol. The Morgan fingerprint density at radius 3 is 2.53 bits per heavy atom. The van der Waals surface area contributed by atoms with E-state index in [9.17, 15) is 18.0 Å². The minimum absolute atomic E-state index is 0.0448. The van der Waals surface area contributed by atoms with Crippen molar-refractivity contribution < 1.29 is 27.1 Å². The van der Waals surface area contributed by atoms with Crippen LogP contribution in [0, 0.1) is 0 Å². The normalized spacial score (nSPS) is 11.6. The van der Waals surface area contributed by atoms with Crippen molar-refractivity contribution in [2.24, 2.45) is 0 Å². The van der Waals surface area contributed by atoms with Crippen LogP contribution >= 0.6 is 0 Å².